The zero-order chi connectivity index (χ0) is 19.7. The van der Waals surface area contributed by atoms with E-state index in [-0.39, 0.29) is 35.3 Å². The molecule has 0 aliphatic carbocycles. The molecule has 0 unspecified atom stereocenters. The number of fused-ring (bicyclic) bond motifs is 1. The SMILES string of the molecule is C[C@@H](Sc1nnc(-c2ccc(F)cc2)o1)C(=O)N1CC(=O)Nc2ccccc21. The molecule has 7 nitrogen and oxygen atoms in total. The van der Waals surface area contributed by atoms with E-state index in [1.54, 1.807) is 31.2 Å². The van der Waals surface area contributed by atoms with Crippen LogP contribution >= 0.6 is 11.8 Å². The number of benzene rings is 2. The minimum Gasteiger partial charge on any atom is -0.411 e. The number of nitrogens with zero attached hydrogens (tertiary/aromatic N) is 3. The predicted octanol–water partition coefficient (Wildman–Crippen LogP) is 3.34. The van der Waals surface area contributed by atoms with E-state index in [1.807, 2.05) is 0 Å². The summed E-state index contributed by atoms with van der Waals surface area (Å²) in [4.78, 5) is 26.3. The van der Waals surface area contributed by atoms with Crippen molar-refractivity contribution in [1.82, 2.24) is 10.2 Å². The number of nitrogens with one attached hydrogen (secondary N) is 1. The fraction of sp³-hybridized carbons (Fsp3) is 0.158. The standard InChI is InChI=1S/C19H15FN4O3S/c1-11(18(26)24-10-16(25)21-14-4-2-3-5-15(14)24)28-19-23-22-17(27-19)12-6-8-13(20)9-7-12/h2-9,11H,10H2,1H3,(H,21,25)/t11-/m1/s1. The molecule has 0 bridgehead atoms. The highest BCUT2D eigenvalue weighted by Gasteiger charge is 2.31. The third kappa shape index (κ3) is 3.61. The summed E-state index contributed by atoms with van der Waals surface area (Å²) in [6, 6.07) is 12.8. The normalized spacial score (nSPS) is 14.4. The Kier molecular flexibility index (Phi) is 4.82. The number of para-hydroxylation sites is 2. The number of hydrogen-bond acceptors (Lipinski definition) is 6. The predicted molar refractivity (Wildman–Crippen MR) is 102 cm³/mol. The van der Waals surface area contributed by atoms with E-state index in [0.29, 0.717) is 16.9 Å². The molecule has 1 aromatic heterocycles. The summed E-state index contributed by atoms with van der Waals surface area (Å²) >= 11 is 1.10. The molecule has 0 saturated heterocycles. The van der Waals surface area contributed by atoms with Crippen molar-refractivity contribution in [3.05, 3.63) is 54.3 Å². The maximum Gasteiger partial charge on any atom is 0.277 e. The number of halogens is 1. The van der Waals surface area contributed by atoms with Gasteiger partial charge < -0.3 is 9.73 Å². The van der Waals surface area contributed by atoms with E-state index in [4.69, 9.17) is 4.42 Å². The highest BCUT2D eigenvalue weighted by Crippen LogP contribution is 2.32. The number of amides is 2. The molecule has 28 heavy (non-hydrogen) atoms. The lowest BCUT2D eigenvalue weighted by Crippen LogP contribution is -2.45. The van der Waals surface area contributed by atoms with E-state index >= 15 is 0 Å². The molecule has 0 fully saturated rings. The second-order valence-corrected chi connectivity index (χ2v) is 7.42. The molecule has 2 amide bonds. The topological polar surface area (TPSA) is 88.3 Å². The van der Waals surface area contributed by atoms with Crippen LogP contribution in [0.2, 0.25) is 0 Å². The first kappa shape index (κ1) is 18.2. The molecule has 1 N–H and O–H groups in total. The van der Waals surface area contributed by atoms with Crippen LogP contribution in [0.4, 0.5) is 15.8 Å². The van der Waals surface area contributed by atoms with Crippen LogP contribution in [0.25, 0.3) is 11.5 Å². The lowest BCUT2D eigenvalue weighted by atomic mass is 10.2. The van der Waals surface area contributed by atoms with Gasteiger partial charge in [-0.3, -0.25) is 14.5 Å². The molecule has 4 rings (SSSR count). The fourth-order valence-electron chi connectivity index (χ4n) is 2.82. The molecule has 3 aromatic rings. The molecule has 0 saturated carbocycles. The maximum atomic E-state index is 13.0. The second kappa shape index (κ2) is 7.43. The van der Waals surface area contributed by atoms with Crippen LogP contribution in [0.15, 0.2) is 58.2 Å². The number of anilines is 2. The molecule has 2 heterocycles. The van der Waals surface area contributed by atoms with Gasteiger partial charge >= 0.3 is 0 Å². The summed E-state index contributed by atoms with van der Waals surface area (Å²) in [6.07, 6.45) is 0. The molecule has 2 aromatic carbocycles. The number of hydrogen-bond donors (Lipinski definition) is 1. The van der Waals surface area contributed by atoms with E-state index < -0.39 is 5.25 Å². The fourth-order valence-corrected chi connectivity index (χ4v) is 3.56. The third-order valence-electron chi connectivity index (χ3n) is 4.16. The molecule has 1 atom stereocenters. The second-order valence-electron chi connectivity index (χ2n) is 6.13. The monoisotopic (exact) mass is 398 g/mol. The zero-order valence-corrected chi connectivity index (χ0v) is 15.6. The van der Waals surface area contributed by atoms with Crippen LogP contribution in [0.1, 0.15) is 6.92 Å². The number of rotatable bonds is 4. The number of aromatic nitrogens is 2. The Labute approximate surface area is 163 Å². The molecule has 0 radical (unpaired) electrons. The van der Waals surface area contributed by atoms with Gasteiger partial charge in [0.2, 0.25) is 17.7 Å². The van der Waals surface area contributed by atoms with Gasteiger partial charge in [-0.25, -0.2) is 4.39 Å². The van der Waals surface area contributed by atoms with E-state index in [9.17, 15) is 14.0 Å². The van der Waals surface area contributed by atoms with Gasteiger partial charge in [0.15, 0.2) is 0 Å². The summed E-state index contributed by atoms with van der Waals surface area (Å²) in [5, 5.41) is 10.3. The van der Waals surface area contributed by atoms with Gasteiger partial charge in [-0.05, 0) is 43.3 Å². The molecule has 1 aliphatic heterocycles. The largest absolute Gasteiger partial charge is 0.411 e. The van der Waals surface area contributed by atoms with Crippen molar-refractivity contribution in [2.75, 3.05) is 16.8 Å². The Morgan fingerprint density at radius 2 is 1.96 bits per heavy atom. The van der Waals surface area contributed by atoms with Crippen molar-refractivity contribution in [3.63, 3.8) is 0 Å². The molecular weight excluding hydrogens is 383 g/mol. The Morgan fingerprint density at radius 3 is 2.75 bits per heavy atom. The third-order valence-corrected chi connectivity index (χ3v) is 5.08. The lowest BCUT2D eigenvalue weighted by molar-refractivity contribution is -0.121. The van der Waals surface area contributed by atoms with Crippen LogP contribution < -0.4 is 10.2 Å². The van der Waals surface area contributed by atoms with Gasteiger partial charge in [-0.1, -0.05) is 23.9 Å². The highest BCUT2D eigenvalue weighted by atomic mass is 32.2. The summed E-state index contributed by atoms with van der Waals surface area (Å²) in [6.45, 7) is 1.66. The van der Waals surface area contributed by atoms with Gasteiger partial charge in [-0.15, -0.1) is 10.2 Å². The maximum absolute atomic E-state index is 13.0. The van der Waals surface area contributed by atoms with E-state index in [2.05, 4.69) is 15.5 Å². The number of carbonyl (C=O) groups excluding carboxylic acids is 2. The van der Waals surface area contributed by atoms with Gasteiger partial charge in [0.1, 0.15) is 12.4 Å². The lowest BCUT2D eigenvalue weighted by Gasteiger charge is -2.30. The number of thioether (sulfide) groups is 1. The highest BCUT2D eigenvalue weighted by molar-refractivity contribution is 8.00. The summed E-state index contributed by atoms with van der Waals surface area (Å²) < 4.78 is 18.6. The Morgan fingerprint density at radius 1 is 1.21 bits per heavy atom. The molecular formula is C19H15FN4O3S. The quantitative estimate of drug-likeness (QED) is 0.678. The molecule has 142 valence electrons. The summed E-state index contributed by atoms with van der Waals surface area (Å²) in [7, 11) is 0. The average molecular weight is 398 g/mol. The van der Waals surface area contributed by atoms with Gasteiger partial charge in [0, 0.05) is 5.56 Å². The van der Waals surface area contributed by atoms with Gasteiger partial charge in [0.05, 0.1) is 16.6 Å². The molecule has 1 aliphatic rings. The van der Waals surface area contributed by atoms with Gasteiger partial charge in [-0.2, -0.15) is 0 Å². The Bertz CT molecular complexity index is 1040. The van der Waals surface area contributed by atoms with Crippen LogP contribution in [0, 0.1) is 5.82 Å². The number of carbonyl (C=O) groups is 2. The Hall–Kier alpha value is -3.20. The minimum atomic E-state index is -0.555. The summed E-state index contributed by atoms with van der Waals surface area (Å²) in [5.74, 6) is -0.609. The first-order chi connectivity index (χ1) is 13.5. The average Bonchev–Trinajstić information content (AvgIpc) is 3.15. The van der Waals surface area contributed by atoms with Gasteiger partial charge in [0.25, 0.3) is 5.22 Å². The van der Waals surface area contributed by atoms with Crippen molar-refractivity contribution in [3.8, 4) is 11.5 Å². The first-order valence-electron chi connectivity index (χ1n) is 8.47. The van der Waals surface area contributed by atoms with Crippen molar-refractivity contribution >= 4 is 35.0 Å². The Balaban J connectivity index is 1.50. The minimum absolute atomic E-state index is 0.0502. The smallest absolute Gasteiger partial charge is 0.277 e. The first-order valence-corrected chi connectivity index (χ1v) is 9.35. The van der Waals surface area contributed by atoms with Crippen LogP contribution in [-0.4, -0.2) is 33.8 Å². The van der Waals surface area contributed by atoms with Crippen molar-refractivity contribution < 1.29 is 18.4 Å². The van der Waals surface area contributed by atoms with Crippen LogP contribution in [-0.2, 0) is 9.59 Å². The van der Waals surface area contributed by atoms with E-state index in [0.717, 1.165) is 11.8 Å². The summed E-state index contributed by atoms with van der Waals surface area (Å²) in [5.41, 5.74) is 1.83. The van der Waals surface area contributed by atoms with Crippen molar-refractivity contribution in [2.24, 2.45) is 0 Å². The molecule has 9 heteroatoms. The molecule has 0 spiro atoms. The van der Waals surface area contributed by atoms with Crippen molar-refractivity contribution in [1.29, 1.82) is 0 Å². The van der Waals surface area contributed by atoms with Crippen LogP contribution in [0.5, 0.6) is 0 Å². The van der Waals surface area contributed by atoms with E-state index in [1.165, 1.54) is 29.2 Å². The van der Waals surface area contributed by atoms with Crippen LogP contribution in [0.3, 0.4) is 0 Å². The van der Waals surface area contributed by atoms with Crippen molar-refractivity contribution in [2.45, 2.75) is 17.4 Å². The zero-order valence-electron chi connectivity index (χ0n) is 14.8.